The third-order valence-electron chi connectivity index (χ3n) is 5.49. The van der Waals surface area contributed by atoms with Crippen LogP contribution in [0.15, 0.2) is 35.2 Å². The predicted octanol–water partition coefficient (Wildman–Crippen LogP) is 3.79. The fourth-order valence-corrected chi connectivity index (χ4v) is 4.50. The number of aromatic nitrogens is 1. The second-order valence-corrected chi connectivity index (χ2v) is 8.75. The molecule has 2 heterocycles. The lowest BCUT2D eigenvalue weighted by molar-refractivity contribution is 0.0600. The van der Waals surface area contributed by atoms with Crippen molar-refractivity contribution in [3.8, 4) is 0 Å². The first-order chi connectivity index (χ1) is 13.9. The van der Waals surface area contributed by atoms with Gasteiger partial charge < -0.3 is 14.6 Å². The van der Waals surface area contributed by atoms with Crippen LogP contribution in [0.25, 0.3) is 0 Å². The molecule has 1 aromatic carbocycles. The summed E-state index contributed by atoms with van der Waals surface area (Å²) in [5.41, 5.74) is 3.05. The molecule has 0 saturated carbocycles. The molecule has 0 atom stereocenters. The standard InChI is InChI=1S/C22H29N3O3S/c1-15-8-10-25(11-9-15)29-20-13-19(24(3)16(20)2)21(26)23-14-17-6-5-7-18(12-17)22(27)28-4/h5-7,12-13,15H,8-11,14H2,1-4H3,(H,23,26). The monoisotopic (exact) mass is 415 g/mol. The summed E-state index contributed by atoms with van der Waals surface area (Å²) >= 11 is 1.75. The highest BCUT2D eigenvalue weighted by molar-refractivity contribution is 7.97. The number of amides is 1. The Hall–Kier alpha value is -2.25. The van der Waals surface area contributed by atoms with Crippen molar-refractivity contribution in [3.63, 3.8) is 0 Å². The smallest absolute Gasteiger partial charge is 0.337 e. The van der Waals surface area contributed by atoms with E-state index in [1.165, 1.54) is 20.0 Å². The van der Waals surface area contributed by atoms with Gasteiger partial charge in [0.2, 0.25) is 0 Å². The number of rotatable bonds is 6. The SMILES string of the molecule is COC(=O)c1cccc(CNC(=O)c2cc(SN3CCC(C)CC3)c(C)n2C)c1. The number of hydrogen-bond acceptors (Lipinski definition) is 5. The van der Waals surface area contributed by atoms with Gasteiger partial charge in [0.15, 0.2) is 0 Å². The third-order valence-corrected chi connectivity index (χ3v) is 6.73. The molecule has 0 bridgehead atoms. The minimum absolute atomic E-state index is 0.127. The van der Waals surface area contributed by atoms with E-state index in [0.717, 1.165) is 35.2 Å². The highest BCUT2D eigenvalue weighted by Crippen LogP contribution is 2.32. The van der Waals surface area contributed by atoms with Crippen molar-refractivity contribution in [1.82, 2.24) is 14.2 Å². The molecule has 156 valence electrons. The molecule has 1 saturated heterocycles. The number of nitrogens with one attached hydrogen (secondary N) is 1. The van der Waals surface area contributed by atoms with E-state index >= 15 is 0 Å². The molecule has 2 aromatic rings. The number of nitrogens with zero attached hydrogens (tertiary/aromatic N) is 2. The molecule has 1 aromatic heterocycles. The first kappa shape index (κ1) is 21.5. The summed E-state index contributed by atoms with van der Waals surface area (Å²) < 4.78 is 9.08. The number of carbonyl (C=O) groups excluding carboxylic acids is 2. The lowest BCUT2D eigenvalue weighted by atomic mass is 10.0. The van der Waals surface area contributed by atoms with E-state index in [9.17, 15) is 9.59 Å². The maximum atomic E-state index is 12.8. The first-order valence-electron chi connectivity index (χ1n) is 9.93. The van der Waals surface area contributed by atoms with Crippen molar-refractivity contribution in [1.29, 1.82) is 0 Å². The summed E-state index contributed by atoms with van der Waals surface area (Å²) in [5.74, 6) is 0.283. The zero-order valence-corrected chi connectivity index (χ0v) is 18.3. The molecule has 0 radical (unpaired) electrons. The summed E-state index contributed by atoms with van der Waals surface area (Å²) in [7, 11) is 3.28. The quantitative estimate of drug-likeness (QED) is 0.574. The second-order valence-electron chi connectivity index (χ2n) is 7.62. The van der Waals surface area contributed by atoms with Crippen molar-refractivity contribution < 1.29 is 14.3 Å². The first-order valence-corrected chi connectivity index (χ1v) is 10.7. The molecule has 1 amide bonds. The van der Waals surface area contributed by atoms with Crippen LogP contribution in [0.2, 0.25) is 0 Å². The van der Waals surface area contributed by atoms with Crippen LogP contribution in [0.3, 0.4) is 0 Å². The fraction of sp³-hybridized carbons (Fsp3) is 0.455. The normalized spacial score (nSPS) is 15.3. The fourth-order valence-electron chi connectivity index (χ4n) is 3.40. The van der Waals surface area contributed by atoms with Gasteiger partial charge in [-0.15, -0.1) is 0 Å². The molecule has 1 aliphatic heterocycles. The minimum Gasteiger partial charge on any atom is -0.465 e. The second kappa shape index (κ2) is 9.50. The molecule has 6 nitrogen and oxygen atoms in total. The molecule has 0 unspecified atom stereocenters. The Morgan fingerprint density at radius 3 is 2.66 bits per heavy atom. The molecular formula is C22H29N3O3S. The lowest BCUT2D eigenvalue weighted by Gasteiger charge is -2.28. The molecular weight excluding hydrogens is 386 g/mol. The number of methoxy groups -OCH3 is 1. The van der Waals surface area contributed by atoms with Gasteiger partial charge in [0.05, 0.1) is 12.7 Å². The average molecular weight is 416 g/mol. The van der Waals surface area contributed by atoms with Crippen molar-refractivity contribution in [2.24, 2.45) is 13.0 Å². The lowest BCUT2D eigenvalue weighted by Crippen LogP contribution is -2.27. The zero-order chi connectivity index (χ0) is 21.0. The topological polar surface area (TPSA) is 63.6 Å². The molecule has 7 heteroatoms. The van der Waals surface area contributed by atoms with E-state index in [1.807, 2.05) is 30.7 Å². The van der Waals surface area contributed by atoms with Gasteiger partial charge in [-0.2, -0.15) is 0 Å². The van der Waals surface area contributed by atoms with Gasteiger partial charge >= 0.3 is 5.97 Å². The van der Waals surface area contributed by atoms with Gasteiger partial charge in [0.1, 0.15) is 5.69 Å². The molecule has 1 fully saturated rings. The Bertz CT molecular complexity index is 885. The van der Waals surface area contributed by atoms with Crippen molar-refractivity contribution in [2.75, 3.05) is 20.2 Å². The number of esters is 1. The molecule has 0 spiro atoms. The van der Waals surface area contributed by atoms with Crippen LogP contribution in [0.4, 0.5) is 0 Å². The van der Waals surface area contributed by atoms with E-state index in [0.29, 0.717) is 17.8 Å². The summed E-state index contributed by atoms with van der Waals surface area (Å²) in [4.78, 5) is 25.6. The van der Waals surface area contributed by atoms with Crippen LogP contribution in [0.5, 0.6) is 0 Å². The molecule has 3 rings (SSSR count). The maximum absolute atomic E-state index is 12.8. The van der Waals surface area contributed by atoms with Crippen LogP contribution < -0.4 is 5.32 Å². The number of ether oxygens (including phenoxy) is 1. The Labute approximate surface area is 176 Å². The maximum Gasteiger partial charge on any atom is 0.337 e. The van der Waals surface area contributed by atoms with Gasteiger partial charge in [-0.05, 0) is 61.4 Å². The Balaban J connectivity index is 1.64. The van der Waals surface area contributed by atoms with Gasteiger partial charge in [-0.25, -0.2) is 9.10 Å². The highest BCUT2D eigenvalue weighted by Gasteiger charge is 2.21. The van der Waals surface area contributed by atoms with Crippen molar-refractivity contribution in [3.05, 3.63) is 52.8 Å². The van der Waals surface area contributed by atoms with Crippen molar-refractivity contribution >= 4 is 23.8 Å². The summed E-state index contributed by atoms with van der Waals surface area (Å²) in [5, 5.41) is 2.96. The van der Waals surface area contributed by atoms with Gasteiger partial charge in [-0.3, -0.25) is 4.79 Å². The van der Waals surface area contributed by atoms with Gasteiger partial charge in [-0.1, -0.05) is 19.1 Å². The molecule has 0 aliphatic carbocycles. The van der Waals surface area contributed by atoms with E-state index in [1.54, 1.807) is 30.1 Å². The van der Waals surface area contributed by atoms with Crippen LogP contribution in [0, 0.1) is 12.8 Å². The molecule has 29 heavy (non-hydrogen) atoms. The third kappa shape index (κ3) is 5.22. The Morgan fingerprint density at radius 2 is 1.97 bits per heavy atom. The number of benzene rings is 1. The minimum atomic E-state index is -0.384. The summed E-state index contributed by atoms with van der Waals surface area (Å²) in [6.07, 6.45) is 2.44. The van der Waals surface area contributed by atoms with E-state index in [-0.39, 0.29) is 11.9 Å². The van der Waals surface area contributed by atoms with E-state index < -0.39 is 0 Å². The zero-order valence-electron chi connectivity index (χ0n) is 17.5. The van der Waals surface area contributed by atoms with Gasteiger partial charge in [0.25, 0.3) is 5.91 Å². The van der Waals surface area contributed by atoms with E-state index in [2.05, 4.69) is 16.5 Å². The largest absolute Gasteiger partial charge is 0.465 e. The number of carbonyl (C=O) groups is 2. The Morgan fingerprint density at radius 1 is 1.24 bits per heavy atom. The van der Waals surface area contributed by atoms with Crippen LogP contribution in [0.1, 0.15) is 51.9 Å². The van der Waals surface area contributed by atoms with E-state index in [4.69, 9.17) is 4.74 Å². The van der Waals surface area contributed by atoms with Crippen LogP contribution in [-0.4, -0.2) is 40.9 Å². The highest BCUT2D eigenvalue weighted by atomic mass is 32.2. The van der Waals surface area contributed by atoms with Crippen LogP contribution in [-0.2, 0) is 18.3 Å². The molecule has 1 aliphatic rings. The predicted molar refractivity (Wildman–Crippen MR) is 115 cm³/mol. The van der Waals surface area contributed by atoms with Gasteiger partial charge in [0, 0.05) is 37.3 Å². The Kier molecular flexibility index (Phi) is 7.03. The summed E-state index contributed by atoms with van der Waals surface area (Å²) in [6.45, 7) is 6.86. The summed E-state index contributed by atoms with van der Waals surface area (Å²) in [6, 6.07) is 9.07. The van der Waals surface area contributed by atoms with Crippen molar-refractivity contribution in [2.45, 2.75) is 38.1 Å². The average Bonchev–Trinajstić information content (AvgIpc) is 3.01. The van der Waals surface area contributed by atoms with Crippen LogP contribution >= 0.6 is 11.9 Å². The number of hydrogen-bond donors (Lipinski definition) is 1. The molecule has 1 N–H and O–H groups in total. The number of piperidine rings is 1.